The molecule has 0 radical (unpaired) electrons. The average Bonchev–Trinajstić information content (AvgIpc) is 3.10. The lowest BCUT2D eigenvalue weighted by atomic mass is 10.3. The van der Waals surface area contributed by atoms with Crippen LogP contribution in [0.1, 0.15) is 12.8 Å². The summed E-state index contributed by atoms with van der Waals surface area (Å²) >= 11 is 0. The van der Waals surface area contributed by atoms with Crippen molar-refractivity contribution in [2.45, 2.75) is 12.8 Å². The third-order valence-corrected chi connectivity index (χ3v) is 4.80. The zero-order valence-corrected chi connectivity index (χ0v) is 11.0. The number of sulfonamides is 1. The maximum atomic E-state index is 12.2. The van der Waals surface area contributed by atoms with E-state index in [-0.39, 0.29) is 23.1 Å². The highest BCUT2D eigenvalue weighted by Gasteiger charge is 2.33. The third kappa shape index (κ3) is 3.60. The van der Waals surface area contributed by atoms with E-state index in [1.165, 1.54) is 24.3 Å². The van der Waals surface area contributed by atoms with Gasteiger partial charge in [0.25, 0.3) is 0 Å². The summed E-state index contributed by atoms with van der Waals surface area (Å²) < 4.78 is 25.3. The lowest BCUT2D eigenvalue weighted by Crippen LogP contribution is -2.37. The first-order valence-corrected chi connectivity index (χ1v) is 7.50. The van der Waals surface area contributed by atoms with Crippen molar-refractivity contribution in [2.24, 2.45) is 5.92 Å². The fraction of sp³-hybridized carbons (Fsp3) is 0.417. The molecule has 1 fully saturated rings. The summed E-state index contributed by atoms with van der Waals surface area (Å²) in [7, 11) is -3.65. The predicted molar refractivity (Wildman–Crippen MR) is 69.6 cm³/mol. The Bertz CT molecular complexity index is 562. The highest BCUT2D eigenvalue weighted by atomic mass is 32.2. The van der Waals surface area contributed by atoms with Crippen LogP contribution in [-0.4, -0.2) is 36.9 Å². The van der Waals surface area contributed by atoms with Gasteiger partial charge in [-0.2, -0.15) is 0 Å². The van der Waals surface area contributed by atoms with Gasteiger partial charge in [-0.1, -0.05) is 0 Å². The number of aromatic hydroxyl groups is 1. The fourth-order valence-electron chi connectivity index (χ4n) is 1.76. The number of anilines is 1. The van der Waals surface area contributed by atoms with Gasteiger partial charge in [0.05, 0.1) is 11.4 Å². The van der Waals surface area contributed by atoms with Gasteiger partial charge in [-0.3, -0.25) is 9.10 Å². The number of phenolic OH excluding ortho intramolecular Hbond substituents is 1. The molecule has 1 aliphatic carbocycles. The van der Waals surface area contributed by atoms with Gasteiger partial charge in [-0.15, -0.1) is 0 Å². The normalized spacial score (nSPS) is 15.2. The van der Waals surface area contributed by atoms with Gasteiger partial charge in [0.2, 0.25) is 10.0 Å². The molecule has 0 bridgehead atoms. The molecule has 0 atom stereocenters. The number of hydrogen-bond acceptors (Lipinski definition) is 4. The van der Waals surface area contributed by atoms with Crippen molar-refractivity contribution in [1.82, 2.24) is 0 Å². The number of nitrogens with zero attached hydrogens (tertiary/aromatic N) is 1. The second-order valence-electron chi connectivity index (χ2n) is 4.64. The highest BCUT2D eigenvalue weighted by molar-refractivity contribution is 7.92. The van der Waals surface area contributed by atoms with Crippen LogP contribution >= 0.6 is 0 Å². The maximum Gasteiger partial charge on any atom is 0.324 e. The van der Waals surface area contributed by atoms with E-state index in [1.54, 1.807) is 0 Å². The fourth-order valence-corrected chi connectivity index (χ4v) is 3.62. The molecule has 6 nitrogen and oxygen atoms in total. The lowest BCUT2D eigenvalue weighted by molar-refractivity contribution is -0.135. The SMILES string of the molecule is O=C(O)CN(c1ccc(O)cc1)S(=O)(=O)CC1CC1. The van der Waals surface area contributed by atoms with Gasteiger partial charge in [-0.25, -0.2) is 8.42 Å². The van der Waals surface area contributed by atoms with E-state index in [0.29, 0.717) is 0 Å². The second-order valence-corrected chi connectivity index (χ2v) is 6.58. The summed E-state index contributed by atoms with van der Waals surface area (Å²) in [5, 5.41) is 18.1. The largest absolute Gasteiger partial charge is 0.508 e. The van der Waals surface area contributed by atoms with E-state index in [0.717, 1.165) is 17.1 Å². The quantitative estimate of drug-likeness (QED) is 0.813. The Hall–Kier alpha value is -1.76. The molecular weight excluding hydrogens is 270 g/mol. The van der Waals surface area contributed by atoms with Gasteiger partial charge < -0.3 is 10.2 Å². The van der Waals surface area contributed by atoms with E-state index < -0.39 is 22.5 Å². The third-order valence-electron chi connectivity index (χ3n) is 2.90. The van der Waals surface area contributed by atoms with Crippen molar-refractivity contribution in [1.29, 1.82) is 0 Å². The molecule has 0 unspecified atom stereocenters. The van der Waals surface area contributed by atoms with Gasteiger partial charge in [0.15, 0.2) is 0 Å². The number of carboxylic acids is 1. The summed E-state index contributed by atoms with van der Waals surface area (Å²) in [5.41, 5.74) is 0.251. The molecule has 1 saturated carbocycles. The number of phenols is 1. The molecule has 0 amide bonds. The van der Waals surface area contributed by atoms with E-state index in [4.69, 9.17) is 5.11 Å². The van der Waals surface area contributed by atoms with E-state index in [9.17, 15) is 18.3 Å². The van der Waals surface area contributed by atoms with Crippen LogP contribution in [0, 0.1) is 5.92 Å². The Labute approximate surface area is 111 Å². The minimum atomic E-state index is -3.65. The molecule has 1 aromatic rings. The van der Waals surface area contributed by atoms with E-state index in [1.807, 2.05) is 0 Å². The van der Waals surface area contributed by atoms with Crippen molar-refractivity contribution in [2.75, 3.05) is 16.6 Å². The molecule has 2 N–H and O–H groups in total. The predicted octanol–water partition coefficient (Wildman–Crippen LogP) is 1.02. The zero-order chi connectivity index (χ0) is 14.0. The highest BCUT2D eigenvalue weighted by Crippen LogP contribution is 2.32. The molecule has 0 spiro atoms. The van der Waals surface area contributed by atoms with Crippen molar-refractivity contribution < 1.29 is 23.4 Å². The smallest absolute Gasteiger partial charge is 0.324 e. The monoisotopic (exact) mass is 285 g/mol. The van der Waals surface area contributed by atoms with E-state index >= 15 is 0 Å². The molecule has 2 rings (SSSR count). The Morgan fingerprint density at radius 2 is 1.84 bits per heavy atom. The first-order valence-electron chi connectivity index (χ1n) is 5.90. The molecule has 0 aromatic heterocycles. The summed E-state index contributed by atoms with van der Waals surface area (Å²) in [6.07, 6.45) is 1.74. The van der Waals surface area contributed by atoms with Crippen LogP contribution in [0.15, 0.2) is 24.3 Å². The minimum Gasteiger partial charge on any atom is -0.508 e. The number of hydrogen-bond donors (Lipinski definition) is 2. The summed E-state index contributed by atoms with van der Waals surface area (Å²) in [6, 6.07) is 5.44. The number of carbonyl (C=O) groups is 1. The standard InChI is InChI=1S/C12H15NO5S/c14-11-5-3-10(4-6-11)13(7-12(15)16)19(17,18)8-9-1-2-9/h3-6,9,14H,1-2,7-8H2,(H,15,16). The lowest BCUT2D eigenvalue weighted by Gasteiger charge is -2.22. The molecule has 7 heteroatoms. The van der Waals surface area contributed by atoms with Gasteiger partial charge in [-0.05, 0) is 43.0 Å². The molecule has 0 saturated heterocycles. The Kier molecular flexibility index (Phi) is 3.66. The number of carboxylic acid groups (broad SMARTS) is 1. The van der Waals surface area contributed by atoms with Crippen molar-refractivity contribution >= 4 is 21.7 Å². The van der Waals surface area contributed by atoms with Crippen molar-refractivity contribution in [3.8, 4) is 5.75 Å². The topological polar surface area (TPSA) is 94.9 Å². The number of aliphatic carboxylic acids is 1. The second kappa shape index (κ2) is 5.08. The maximum absolute atomic E-state index is 12.2. The summed E-state index contributed by atoms with van der Waals surface area (Å²) in [4.78, 5) is 10.8. The van der Waals surface area contributed by atoms with E-state index in [2.05, 4.69) is 0 Å². The molecule has 0 aliphatic heterocycles. The molecule has 19 heavy (non-hydrogen) atoms. The van der Waals surface area contributed by atoms with Gasteiger partial charge in [0.1, 0.15) is 12.3 Å². The van der Waals surface area contributed by atoms with Crippen molar-refractivity contribution in [3.63, 3.8) is 0 Å². The summed E-state index contributed by atoms with van der Waals surface area (Å²) in [5.74, 6) is -1.11. The molecular formula is C12H15NO5S. The van der Waals surface area contributed by atoms with Crippen LogP contribution in [0.5, 0.6) is 5.75 Å². The van der Waals surface area contributed by atoms with Crippen LogP contribution in [0.25, 0.3) is 0 Å². The zero-order valence-electron chi connectivity index (χ0n) is 10.2. The van der Waals surface area contributed by atoms with Crippen LogP contribution in [0.3, 0.4) is 0 Å². The molecule has 1 aromatic carbocycles. The Morgan fingerprint density at radius 1 is 1.26 bits per heavy atom. The van der Waals surface area contributed by atoms with Gasteiger partial charge in [0, 0.05) is 0 Å². The van der Waals surface area contributed by atoms with Gasteiger partial charge >= 0.3 is 5.97 Å². The number of rotatable bonds is 6. The van der Waals surface area contributed by atoms with Crippen LogP contribution in [-0.2, 0) is 14.8 Å². The van der Waals surface area contributed by atoms with Crippen LogP contribution in [0.2, 0.25) is 0 Å². The Balaban J connectivity index is 2.28. The number of benzene rings is 1. The molecule has 104 valence electrons. The molecule has 0 heterocycles. The summed E-state index contributed by atoms with van der Waals surface area (Å²) in [6.45, 7) is -0.611. The average molecular weight is 285 g/mol. The first kappa shape index (κ1) is 13.7. The Morgan fingerprint density at radius 3 is 2.32 bits per heavy atom. The van der Waals surface area contributed by atoms with Crippen molar-refractivity contribution in [3.05, 3.63) is 24.3 Å². The molecule has 1 aliphatic rings. The van der Waals surface area contributed by atoms with Crippen LogP contribution < -0.4 is 4.31 Å². The first-order chi connectivity index (χ1) is 8.88. The minimum absolute atomic E-state index is 0.00128. The van der Waals surface area contributed by atoms with Crippen LogP contribution in [0.4, 0.5) is 5.69 Å².